The molecule has 1 saturated carbocycles. The highest BCUT2D eigenvalue weighted by Gasteiger charge is 2.22. The van der Waals surface area contributed by atoms with Crippen LogP contribution in [0.3, 0.4) is 0 Å². The summed E-state index contributed by atoms with van der Waals surface area (Å²) in [7, 11) is 3.30. The summed E-state index contributed by atoms with van der Waals surface area (Å²) in [6, 6.07) is 5.29. The lowest BCUT2D eigenvalue weighted by atomic mass is 9.94. The number of carbonyl (C=O) groups is 1. The Hall–Kier alpha value is -1.76. The number of ether oxygens (including phenoxy) is 1. The fraction of sp³-hybridized carbons (Fsp3) is 0.588. The topological polar surface area (TPSA) is 72.7 Å². The van der Waals surface area contributed by atoms with Gasteiger partial charge in [0, 0.05) is 24.9 Å². The molecule has 0 spiro atoms. The van der Waals surface area contributed by atoms with E-state index in [0.717, 1.165) is 18.4 Å². The SMILES string of the molecule is COc1ccc(CSCC(=O)N(C)C2CCCCC2)cc1[N+](=O)[O-]. The van der Waals surface area contributed by atoms with Gasteiger partial charge in [0.15, 0.2) is 5.75 Å². The van der Waals surface area contributed by atoms with E-state index in [4.69, 9.17) is 4.74 Å². The van der Waals surface area contributed by atoms with Crippen LogP contribution in [0.5, 0.6) is 5.75 Å². The Morgan fingerprint density at radius 2 is 2.08 bits per heavy atom. The van der Waals surface area contributed by atoms with Crippen LogP contribution < -0.4 is 4.74 Å². The van der Waals surface area contributed by atoms with Crippen molar-refractivity contribution >= 4 is 23.4 Å². The summed E-state index contributed by atoms with van der Waals surface area (Å²) >= 11 is 1.49. The number of amides is 1. The molecule has 0 heterocycles. The summed E-state index contributed by atoms with van der Waals surface area (Å²) in [6.07, 6.45) is 5.86. The molecular weight excluding hydrogens is 328 g/mol. The Balaban J connectivity index is 1.86. The smallest absolute Gasteiger partial charge is 0.311 e. The molecular formula is C17H24N2O4S. The van der Waals surface area contributed by atoms with Gasteiger partial charge in [-0.05, 0) is 24.5 Å². The van der Waals surface area contributed by atoms with E-state index in [2.05, 4.69) is 0 Å². The van der Waals surface area contributed by atoms with E-state index in [-0.39, 0.29) is 17.3 Å². The minimum atomic E-state index is -0.449. The molecule has 1 amide bonds. The quantitative estimate of drug-likeness (QED) is 0.553. The summed E-state index contributed by atoms with van der Waals surface area (Å²) in [6.45, 7) is 0. The van der Waals surface area contributed by atoms with Crippen LogP contribution >= 0.6 is 11.8 Å². The summed E-state index contributed by atoms with van der Waals surface area (Å²) in [4.78, 5) is 24.8. The molecule has 7 heteroatoms. The van der Waals surface area contributed by atoms with Gasteiger partial charge in [-0.25, -0.2) is 0 Å². The second kappa shape index (κ2) is 8.92. The Kier molecular flexibility index (Phi) is 6.90. The largest absolute Gasteiger partial charge is 0.490 e. The molecule has 1 fully saturated rings. The number of rotatable bonds is 7. The predicted octanol–water partition coefficient (Wildman–Crippen LogP) is 3.63. The fourth-order valence-corrected chi connectivity index (χ4v) is 3.89. The lowest BCUT2D eigenvalue weighted by Crippen LogP contribution is -2.39. The molecule has 1 aromatic carbocycles. The maximum Gasteiger partial charge on any atom is 0.311 e. The van der Waals surface area contributed by atoms with Crippen LogP contribution in [0.25, 0.3) is 0 Å². The van der Waals surface area contributed by atoms with Gasteiger partial charge in [0.1, 0.15) is 0 Å². The van der Waals surface area contributed by atoms with E-state index in [1.54, 1.807) is 12.1 Å². The highest BCUT2D eigenvalue weighted by molar-refractivity contribution is 7.99. The average molecular weight is 352 g/mol. The number of nitro benzene ring substituents is 1. The molecule has 1 aliphatic rings. The molecule has 0 aliphatic heterocycles. The van der Waals surface area contributed by atoms with Gasteiger partial charge in [-0.3, -0.25) is 14.9 Å². The van der Waals surface area contributed by atoms with Crippen molar-refractivity contribution in [1.82, 2.24) is 4.90 Å². The van der Waals surface area contributed by atoms with Crippen LogP contribution in [0, 0.1) is 10.1 Å². The summed E-state index contributed by atoms with van der Waals surface area (Å²) in [5.74, 6) is 1.35. The zero-order valence-electron chi connectivity index (χ0n) is 14.2. The van der Waals surface area contributed by atoms with E-state index in [9.17, 15) is 14.9 Å². The lowest BCUT2D eigenvalue weighted by molar-refractivity contribution is -0.385. The van der Waals surface area contributed by atoms with Crippen molar-refractivity contribution in [3.05, 3.63) is 33.9 Å². The molecule has 1 aromatic rings. The third-order valence-corrected chi connectivity index (χ3v) is 5.44. The normalized spacial score (nSPS) is 15.1. The Morgan fingerprint density at radius 3 is 2.71 bits per heavy atom. The van der Waals surface area contributed by atoms with Gasteiger partial charge in [-0.15, -0.1) is 11.8 Å². The third kappa shape index (κ3) is 4.87. The molecule has 6 nitrogen and oxygen atoms in total. The van der Waals surface area contributed by atoms with E-state index in [1.165, 1.54) is 44.2 Å². The maximum atomic E-state index is 12.3. The molecule has 0 saturated heterocycles. The van der Waals surface area contributed by atoms with Gasteiger partial charge in [-0.2, -0.15) is 0 Å². The molecule has 132 valence electrons. The molecule has 0 unspecified atom stereocenters. The minimum Gasteiger partial charge on any atom is -0.490 e. The first-order chi connectivity index (χ1) is 11.5. The molecule has 2 rings (SSSR count). The Morgan fingerprint density at radius 1 is 1.38 bits per heavy atom. The molecule has 0 bridgehead atoms. The molecule has 24 heavy (non-hydrogen) atoms. The van der Waals surface area contributed by atoms with E-state index < -0.39 is 4.92 Å². The fourth-order valence-electron chi connectivity index (χ4n) is 3.00. The monoisotopic (exact) mass is 352 g/mol. The number of benzene rings is 1. The average Bonchev–Trinajstić information content (AvgIpc) is 2.61. The number of hydrogen-bond acceptors (Lipinski definition) is 5. The molecule has 0 radical (unpaired) electrons. The molecule has 0 atom stereocenters. The highest BCUT2D eigenvalue weighted by atomic mass is 32.2. The molecule has 0 aromatic heterocycles. The number of nitrogens with zero attached hydrogens (tertiary/aromatic N) is 2. The number of carbonyl (C=O) groups excluding carboxylic acids is 1. The van der Waals surface area contributed by atoms with E-state index >= 15 is 0 Å². The van der Waals surface area contributed by atoms with Crippen molar-refractivity contribution in [3.8, 4) is 5.75 Å². The molecule has 1 aliphatic carbocycles. The summed E-state index contributed by atoms with van der Waals surface area (Å²) in [5.41, 5.74) is 0.780. The number of methoxy groups -OCH3 is 1. The van der Waals surface area contributed by atoms with Gasteiger partial charge in [0.25, 0.3) is 0 Å². The van der Waals surface area contributed by atoms with Crippen molar-refractivity contribution in [3.63, 3.8) is 0 Å². The van der Waals surface area contributed by atoms with Gasteiger partial charge in [0.05, 0.1) is 17.8 Å². The number of hydrogen-bond donors (Lipinski definition) is 0. The van der Waals surface area contributed by atoms with Crippen LogP contribution in [0.2, 0.25) is 0 Å². The van der Waals surface area contributed by atoms with E-state index in [0.29, 0.717) is 17.5 Å². The second-order valence-electron chi connectivity index (χ2n) is 6.05. The van der Waals surface area contributed by atoms with Crippen LogP contribution in [-0.2, 0) is 10.5 Å². The molecule has 0 N–H and O–H groups in total. The predicted molar refractivity (Wildman–Crippen MR) is 95.5 cm³/mol. The van der Waals surface area contributed by atoms with Gasteiger partial charge in [-0.1, -0.05) is 25.3 Å². The van der Waals surface area contributed by atoms with Crippen LogP contribution in [0.1, 0.15) is 37.7 Å². The van der Waals surface area contributed by atoms with Gasteiger partial charge < -0.3 is 9.64 Å². The summed E-state index contributed by atoms with van der Waals surface area (Å²) in [5, 5.41) is 11.0. The number of nitro groups is 1. The van der Waals surface area contributed by atoms with Crippen molar-refractivity contribution in [2.75, 3.05) is 19.9 Å². The summed E-state index contributed by atoms with van der Waals surface area (Å²) < 4.78 is 4.99. The first kappa shape index (κ1) is 18.6. The first-order valence-electron chi connectivity index (χ1n) is 8.17. The van der Waals surface area contributed by atoms with Gasteiger partial charge in [0.2, 0.25) is 5.91 Å². The Bertz CT molecular complexity index is 588. The van der Waals surface area contributed by atoms with Crippen LogP contribution in [0.4, 0.5) is 5.69 Å². The lowest BCUT2D eigenvalue weighted by Gasteiger charge is -2.31. The third-order valence-electron chi connectivity index (χ3n) is 4.45. The van der Waals surface area contributed by atoms with Crippen molar-refractivity contribution in [2.45, 2.75) is 43.9 Å². The standard InChI is InChI=1S/C17H24N2O4S/c1-18(14-6-4-3-5-7-14)17(20)12-24-11-13-8-9-16(23-2)15(10-13)19(21)22/h8-10,14H,3-7,11-12H2,1-2H3. The second-order valence-corrected chi connectivity index (χ2v) is 7.04. The Labute approximate surface area is 146 Å². The highest BCUT2D eigenvalue weighted by Crippen LogP contribution is 2.29. The van der Waals surface area contributed by atoms with Gasteiger partial charge >= 0.3 is 5.69 Å². The van der Waals surface area contributed by atoms with Crippen molar-refractivity contribution < 1.29 is 14.5 Å². The van der Waals surface area contributed by atoms with Crippen molar-refractivity contribution in [1.29, 1.82) is 0 Å². The zero-order chi connectivity index (χ0) is 17.5. The minimum absolute atomic E-state index is 0.0405. The number of thioether (sulfide) groups is 1. The van der Waals surface area contributed by atoms with Crippen LogP contribution in [0.15, 0.2) is 18.2 Å². The van der Waals surface area contributed by atoms with Crippen LogP contribution in [-0.4, -0.2) is 41.7 Å². The first-order valence-corrected chi connectivity index (χ1v) is 9.33. The maximum absolute atomic E-state index is 12.3. The van der Waals surface area contributed by atoms with Crippen molar-refractivity contribution in [2.24, 2.45) is 0 Å². The van der Waals surface area contributed by atoms with E-state index in [1.807, 2.05) is 11.9 Å². The zero-order valence-corrected chi connectivity index (χ0v) is 15.0.